The van der Waals surface area contributed by atoms with E-state index in [4.69, 9.17) is 5.11 Å². The fourth-order valence-electron chi connectivity index (χ4n) is 1.91. The second-order valence-electron chi connectivity index (χ2n) is 4.47. The van der Waals surface area contributed by atoms with Gasteiger partial charge >= 0.3 is 12.0 Å². The number of carbonyl (C=O) groups is 2. The number of carbonyl (C=O) groups excluding carboxylic acids is 1. The van der Waals surface area contributed by atoms with E-state index in [1.54, 1.807) is 7.05 Å². The van der Waals surface area contributed by atoms with Gasteiger partial charge in [-0.1, -0.05) is 12.8 Å². The molecule has 1 aliphatic rings. The second kappa shape index (κ2) is 6.44. The van der Waals surface area contributed by atoms with Gasteiger partial charge in [0.25, 0.3) is 0 Å². The van der Waals surface area contributed by atoms with Crippen molar-refractivity contribution in [1.82, 2.24) is 10.2 Å². The van der Waals surface area contributed by atoms with Gasteiger partial charge in [0, 0.05) is 13.6 Å². The van der Waals surface area contributed by atoms with E-state index in [0.29, 0.717) is 6.42 Å². The average molecular weight is 244 g/mol. The van der Waals surface area contributed by atoms with Gasteiger partial charge in [0.15, 0.2) is 0 Å². The highest BCUT2D eigenvalue weighted by Crippen LogP contribution is 2.18. The zero-order chi connectivity index (χ0) is 12.8. The van der Waals surface area contributed by atoms with Crippen LogP contribution in [0.4, 0.5) is 4.79 Å². The van der Waals surface area contributed by atoms with Crippen molar-refractivity contribution in [3.63, 3.8) is 0 Å². The zero-order valence-corrected chi connectivity index (χ0v) is 10.1. The van der Waals surface area contributed by atoms with E-state index in [1.807, 2.05) is 0 Å². The first-order valence-electron chi connectivity index (χ1n) is 5.92. The quantitative estimate of drug-likeness (QED) is 0.668. The van der Waals surface area contributed by atoms with Crippen LogP contribution in [0.2, 0.25) is 0 Å². The van der Waals surface area contributed by atoms with Crippen LogP contribution in [-0.2, 0) is 4.79 Å². The molecule has 0 saturated heterocycles. The predicted molar refractivity (Wildman–Crippen MR) is 61.7 cm³/mol. The summed E-state index contributed by atoms with van der Waals surface area (Å²) in [6, 6.07) is -0.527. The second-order valence-corrected chi connectivity index (χ2v) is 4.47. The Labute approximate surface area is 101 Å². The predicted octanol–water partition coefficient (Wildman–Crippen LogP) is 0.406. The van der Waals surface area contributed by atoms with Crippen LogP contribution in [0.1, 0.15) is 32.1 Å². The number of aliphatic hydroxyl groups is 1. The number of rotatable bonds is 4. The lowest BCUT2D eigenvalue weighted by Crippen LogP contribution is -2.49. The summed E-state index contributed by atoms with van der Waals surface area (Å²) in [6.07, 6.45) is 2.92. The van der Waals surface area contributed by atoms with Crippen molar-refractivity contribution in [2.45, 2.75) is 44.2 Å². The molecule has 0 aromatic heterocycles. The molecule has 3 N–H and O–H groups in total. The van der Waals surface area contributed by atoms with Crippen molar-refractivity contribution in [3.8, 4) is 0 Å². The molecule has 0 heterocycles. The van der Waals surface area contributed by atoms with E-state index in [1.165, 1.54) is 4.90 Å². The summed E-state index contributed by atoms with van der Waals surface area (Å²) in [5.41, 5.74) is 0. The minimum absolute atomic E-state index is 0.0723. The van der Waals surface area contributed by atoms with Gasteiger partial charge in [-0.3, -0.25) is 4.79 Å². The number of nitrogens with one attached hydrogen (secondary N) is 1. The minimum atomic E-state index is -0.928. The van der Waals surface area contributed by atoms with Crippen LogP contribution < -0.4 is 5.32 Å². The first-order chi connectivity index (χ1) is 8.00. The molecule has 0 radical (unpaired) electrons. The van der Waals surface area contributed by atoms with Crippen molar-refractivity contribution < 1.29 is 19.8 Å². The number of urea groups is 1. The zero-order valence-electron chi connectivity index (χ0n) is 10.1. The third-order valence-electron chi connectivity index (χ3n) is 3.05. The van der Waals surface area contributed by atoms with Crippen LogP contribution in [0.5, 0.6) is 0 Å². The van der Waals surface area contributed by atoms with E-state index in [-0.39, 0.29) is 25.0 Å². The van der Waals surface area contributed by atoms with Gasteiger partial charge in [-0.05, 0) is 12.8 Å². The highest BCUT2D eigenvalue weighted by Gasteiger charge is 2.25. The Kier molecular flexibility index (Phi) is 5.21. The number of hydrogen-bond donors (Lipinski definition) is 3. The smallest absolute Gasteiger partial charge is 0.317 e. The van der Waals surface area contributed by atoms with E-state index in [9.17, 15) is 14.7 Å². The molecule has 0 aromatic carbocycles. The van der Waals surface area contributed by atoms with Crippen LogP contribution in [0.15, 0.2) is 0 Å². The molecular formula is C11H20N2O4. The lowest BCUT2D eigenvalue weighted by molar-refractivity contribution is -0.137. The van der Waals surface area contributed by atoms with Gasteiger partial charge in [-0.2, -0.15) is 0 Å². The summed E-state index contributed by atoms with van der Waals surface area (Å²) in [7, 11) is 1.55. The monoisotopic (exact) mass is 244 g/mol. The topological polar surface area (TPSA) is 89.9 Å². The lowest BCUT2D eigenvalue weighted by Gasteiger charge is -2.30. The van der Waals surface area contributed by atoms with E-state index in [2.05, 4.69) is 5.32 Å². The van der Waals surface area contributed by atoms with Crippen LogP contribution >= 0.6 is 0 Å². The number of amides is 2. The van der Waals surface area contributed by atoms with Gasteiger partial charge in [-0.25, -0.2) is 4.79 Å². The van der Waals surface area contributed by atoms with Gasteiger partial charge in [0.2, 0.25) is 0 Å². The molecule has 0 spiro atoms. The molecule has 98 valence electrons. The number of aliphatic carboxylic acids is 1. The molecule has 2 amide bonds. The van der Waals surface area contributed by atoms with Crippen LogP contribution in [-0.4, -0.2) is 52.9 Å². The number of aliphatic hydroxyl groups excluding tert-OH is 1. The van der Waals surface area contributed by atoms with Crippen molar-refractivity contribution in [3.05, 3.63) is 0 Å². The van der Waals surface area contributed by atoms with E-state index in [0.717, 1.165) is 19.3 Å². The average Bonchev–Trinajstić information content (AvgIpc) is 2.28. The number of carboxylic acids is 1. The number of hydrogen-bond acceptors (Lipinski definition) is 3. The Balaban J connectivity index is 2.34. The Bertz CT molecular complexity index is 283. The molecule has 0 bridgehead atoms. The summed E-state index contributed by atoms with van der Waals surface area (Å²) < 4.78 is 0. The van der Waals surface area contributed by atoms with Crippen LogP contribution in [0.3, 0.4) is 0 Å². The third kappa shape index (κ3) is 4.60. The van der Waals surface area contributed by atoms with E-state index < -0.39 is 12.1 Å². The molecule has 17 heavy (non-hydrogen) atoms. The highest BCUT2D eigenvalue weighted by molar-refractivity contribution is 5.75. The summed E-state index contributed by atoms with van der Waals surface area (Å²) in [4.78, 5) is 23.4. The van der Waals surface area contributed by atoms with Gasteiger partial charge < -0.3 is 20.4 Å². The molecule has 0 aromatic rings. The Morgan fingerprint density at radius 2 is 2.00 bits per heavy atom. The molecule has 6 nitrogen and oxygen atoms in total. The van der Waals surface area contributed by atoms with Crippen LogP contribution in [0, 0.1) is 0 Å². The van der Waals surface area contributed by atoms with Crippen molar-refractivity contribution >= 4 is 12.0 Å². The largest absolute Gasteiger partial charge is 0.481 e. The molecule has 1 fully saturated rings. The summed E-state index contributed by atoms with van der Waals surface area (Å²) in [5, 5.41) is 20.9. The van der Waals surface area contributed by atoms with E-state index >= 15 is 0 Å². The normalized spacial score (nSPS) is 24.1. The Morgan fingerprint density at radius 3 is 2.59 bits per heavy atom. The molecule has 0 aliphatic heterocycles. The maximum absolute atomic E-state index is 11.7. The highest BCUT2D eigenvalue weighted by atomic mass is 16.4. The molecule has 1 aliphatic carbocycles. The van der Waals surface area contributed by atoms with Gasteiger partial charge in [0.1, 0.15) is 0 Å². The molecule has 1 rings (SSSR count). The Hall–Kier alpha value is -1.30. The van der Waals surface area contributed by atoms with Gasteiger partial charge in [0.05, 0.1) is 18.6 Å². The molecule has 1 saturated carbocycles. The summed E-state index contributed by atoms with van der Waals surface area (Å²) in [6.45, 7) is 0.171. The fraction of sp³-hybridized carbons (Fsp3) is 0.818. The van der Waals surface area contributed by atoms with Gasteiger partial charge in [-0.15, -0.1) is 0 Å². The molecule has 2 unspecified atom stereocenters. The molecule has 6 heteroatoms. The number of nitrogens with zero attached hydrogens (tertiary/aromatic N) is 1. The summed E-state index contributed by atoms with van der Waals surface area (Å²) in [5.74, 6) is -0.928. The lowest BCUT2D eigenvalue weighted by atomic mass is 9.93. The SMILES string of the molecule is CN(CCC(=O)O)C(=O)NC1CCCCC1O. The fourth-order valence-corrected chi connectivity index (χ4v) is 1.91. The standard InChI is InChI=1S/C11H20N2O4/c1-13(7-6-10(15)16)11(17)12-8-4-2-3-5-9(8)14/h8-9,14H,2-7H2,1H3,(H,12,17)(H,15,16). The maximum Gasteiger partial charge on any atom is 0.317 e. The van der Waals surface area contributed by atoms with Crippen molar-refractivity contribution in [1.29, 1.82) is 0 Å². The van der Waals surface area contributed by atoms with Crippen LogP contribution in [0.25, 0.3) is 0 Å². The van der Waals surface area contributed by atoms with Crippen molar-refractivity contribution in [2.75, 3.05) is 13.6 Å². The Morgan fingerprint density at radius 1 is 1.35 bits per heavy atom. The first-order valence-corrected chi connectivity index (χ1v) is 5.92. The minimum Gasteiger partial charge on any atom is -0.481 e. The summed E-state index contributed by atoms with van der Waals surface area (Å²) >= 11 is 0. The van der Waals surface area contributed by atoms with Crippen molar-refractivity contribution in [2.24, 2.45) is 0 Å². The number of carboxylic acid groups (broad SMARTS) is 1. The first kappa shape index (κ1) is 13.8. The maximum atomic E-state index is 11.7. The third-order valence-corrected chi connectivity index (χ3v) is 3.05. The molecule has 2 atom stereocenters. The molecular weight excluding hydrogens is 224 g/mol.